The standard InChI is InChI=1S/C33H43NO5/c1-19-27-26(38-30(19)31-29(37-3)20(2)32(36)39-31)16-21-13-15-33(27)14-7-12-25(34(33)18-21)28(35)24-11-6-10-23(17-24)22-8-4-5-9-22/h6,11,13,15-16,19,21-25,27-28,35H,4-5,7-10,12,14,17-18H2,1-3H3/t19-,21-,23+,24+,25-,27-,28-,33+/m0/s1. The minimum Gasteiger partial charge on any atom is -0.492 e. The number of ether oxygens (including phenoxy) is 3. The van der Waals surface area contributed by atoms with Crippen LogP contribution in [0.3, 0.4) is 0 Å². The fourth-order valence-electron chi connectivity index (χ4n) is 9.32. The van der Waals surface area contributed by atoms with Gasteiger partial charge in [0.05, 0.1) is 24.3 Å². The summed E-state index contributed by atoms with van der Waals surface area (Å²) in [5.41, 5.74) is 0.262. The molecule has 1 saturated carbocycles. The fourth-order valence-corrected chi connectivity index (χ4v) is 9.32. The molecule has 0 aromatic carbocycles. The molecule has 0 aromatic rings. The maximum absolute atomic E-state index is 12.4. The minimum absolute atomic E-state index is 0.0105. The second-order valence-electron chi connectivity index (χ2n) is 13.2. The molecule has 3 fully saturated rings. The number of methoxy groups -OCH3 is 1. The van der Waals surface area contributed by atoms with Crippen molar-refractivity contribution in [2.24, 2.45) is 35.5 Å². The lowest BCUT2D eigenvalue weighted by Gasteiger charge is -2.56. The van der Waals surface area contributed by atoms with Gasteiger partial charge in [-0.25, -0.2) is 4.79 Å². The molecule has 0 radical (unpaired) electrons. The van der Waals surface area contributed by atoms with Crippen molar-refractivity contribution in [1.82, 2.24) is 4.90 Å². The van der Waals surface area contributed by atoms with Gasteiger partial charge < -0.3 is 19.3 Å². The largest absolute Gasteiger partial charge is 0.492 e. The van der Waals surface area contributed by atoms with Gasteiger partial charge in [-0.05, 0) is 56.9 Å². The van der Waals surface area contributed by atoms with Crippen LogP contribution in [0.1, 0.15) is 71.6 Å². The SMILES string of the molecule is COC1=C(C)C(=O)OC1=C1OC2=C[C@@H]3C=C[C@]4(CCC[C@@H]([C@@H](O)[C@@H]5C=CC[C@@H](C6CCCC6)C5)N4C3)[C@H]2[C@@H]1C. The summed E-state index contributed by atoms with van der Waals surface area (Å²) >= 11 is 0. The van der Waals surface area contributed by atoms with E-state index in [-0.39, 0.29) is 47.3 Å². The van der Waals surface area contributed by atoms with Crippen molar-refractivity contribution in [3.63, 3.8) is 0 Å². The van der Waals surface area contributed by atoms with E-state index in [0.29, 0.717) is 22.9 Å². The summed E-state index contributed by atoms with van der Waals surface area (Å²) in [6, 6.07) is 0.126. The topological polar surface area (TPSA) is 68.2 Å². The normalized spacial score (nSPS) is 42.7. The fraction of sp³-hybridized carbons (Fsp3) is 0.667. The van der Waals surface area contributed by atoms with Gasteiger partial charge in [0.1, 0.15) is 5.76 Å². The number of aliphatic hydroxyl groups excluding tert-OH is 1. The van der Waals surface area contributed by atoms with Crippen LogP contribution in [-0.2, 0) is 19.0 Å². The molecule has 0 aromatic heterocycles. The van der Waals surface area contributed by atoms with E-state index in [1.165, 1.54) is 32.1 Å². The van der Waals surface area contributed by atoms with Gasteiger partial charge in [-0.3, -0.25) is 4.90 Å². The van der Waals surface area contributed by atoms with Gasteiger partial charge in [-0.1, -0.05) is 56.9 Å². The van der Waals surface area contributed by atoms with Crippen LogP contribution in [0.4, 0.5) is 0 Å². The van der Waals surface area contributed by atoms with Crippen LogP contribution in [0, 0.1) is 35.5 Å². The quantitative estimate of drug-likeness (QED) is 0.366. The number of carbonyl (C=O) groups is 1. The molecule has 8 atom stereocenters. The van der Waals surface area contributed by atoms with E-state index in [0.717, 1.165) is 49.8 Å². The van der Waals surface area contributed by atoms with E-state index in [9.17, 15) is 9.90 Å². The zero-order chi connectivity index (χ0) is 26.9. The molecule has 210 valence electrons. The lowest BCUT2D eigenvalue weighted by molar-refractivity contribution is -0.133. The maximum atomic E-state index is 12.4. The number of carbonyl (C=O) groups excluding carboxylic acids is 1. The first-order valence-electron chi connectivity index (χ1n) is 15.3. The first-order chi connectivity index (χ1) is 18.9. The number of piperidine rings is 1. The highest BCUT2D eigenvalue weighted by Crippen LogP contribution is 2.57. The van der Waals surface area contributed by atoms with Gasteiger partial charge in [0.25, 0.3) is 0 Å². The number of cyclic esters (lactones) is 1. The zero-order valence-corrected chi connectivity index (χ0v) is 23.6. The molecule has 5 heterocycles. The Bertz CT molecular complexity index is 1190. The maximum Gasteiger partial charge on any atom is 0.343 e. The third kappa shape index (κ3) is 3.92. The first kappa shape index (κ1) is 25.6. The van der Waals surface area contributed by atoms with E-state index < -0.39 is 0 Å². The Morgan fingerprint density at radius 3 is 2.74 bits per heavy atom. The lowest BCUT2D eigenvalue weighted by atomic mass is 9.66. The Balaban J connectivity index is 1.20. The van der Waals surface area contributed by atoms with Crippen molar-refractivity contribution in [1.29, 1.82) is 0 Å². The highest BCUT2D eigenvalue weighted by molar-refractivity contribution is 5.93. The van der Waals surface area contributed by atoms with Gasteiger partial charge in [-0.15, -0.1) is 0 Å². The molecule has 5 aliphatic heterocycles. The van der Waals surface area contributed by atoms with Crippen molar-refractivity contribution in [2.75, 3.05) is 13.7 Å². The van der Waals surface area contributed by atoms with Crippen molar-refractivity contribution in [3.05, 3.63) is 59.0 Å². The van der Waals surface area contributed by atoms with Gasteiger partial charge in [-0.2, -0.15) is 0 Å². The first-order valence-corrected chi connectivity index (χ1v) is 15.3. The number of hydrogen-bond donors (Lipinski definition) is 1. The molecule has 8 aliphatic rings. The molecule has 2 saturated heterocycles. The van der Waals surface area contributed by atoms with Crippen LogP contribution >= 0.6 is 0 Å². The van der Waals surface area contributed by atoms with E-state index in [1.807, 2.05) is 0 Å². The third-order valence-electron chi connectivity index (χ3n) is 11.2. The average molecular weight is 534 g/mol. The van der Waals surface area contributed by atoms with E-state index in [1.54, 1.807) is 14.0 Å². The second kappa shape index (κ2) is 9.66. The van der Waals surface area contributed by atoms with E-state index in [4.69, 9.17) is 14.2 Å². The molecular formula is C33H43NO5. The smallest absolute Gasteiger partial charge is 0.343 e. The Morgan fingerprint density at radius 1 is 1.13 bits per heavy atom. The van der Waals surface area contributed by atoms with Crippen LogP contribution in [0.2, 0.25) is 0 Å². The Morgan fingerprint density at radius 2 is 1.95 bits per heavy atom. The molecular weight excluding hydrogens is 490 g/mol. The van der Waals surface area contributed by atoms with E-state index in [2.05, 4.69) is 42.2 Å². The molecule has 0 unspecified atom stereocenters. The minimum atomic E-state index is -0.371. The Labute approximate surface area is 232 Å². The van der Waals surface area contributed by atoms with Crippen LogP contribution < -0.4 is 0 Å². The number of allylic oxidation sites excluding steroid dienone is 2. The summed E-state index contributed by atoms with van der Waals surface area (Å²) in [5.74, 6) is 4.36. The molecule has 39 heavy (non-hydrogen) atoms. The Kier molecular flexibility index (Phi) is 6.35. The molecule has 6 nitrogen and oxygen atoms in total. The number of esters is 1. The average Bonchev–Trinajstić information content (AvgIpc) is 3.62. The number of nitrogens with zero attached hydrogens (tertiary/aromatic N) is 1. The number of rotatable bonds is 4. The molecule has 1 N–H and O–H groups in total. The lowest BCUT2D eigenvalue weighted by Crippen LogP contribution is -2.65. The van der Waals surface area contributed by atoms with Crippen LogP contribution in [-0.4, -0.2) is 47.3 Å². The van der Waals surface area contributed by atoms with Gasteiger partial charge >= 0.3 is 5.97 Å². The van der Waals surface area contributed by atoms with Crippen molar-refractivity contribution >= 4 is 5.97 Å². The Hall–Kier alpha value is -2.31. The molecule has 6 heteroatoms. The van der Waals surface area contributed by atoms with Crippen molar-refractivity contribution < 1.29 is 24.1 Å². The monoisotopic (exact) mass is 533 g/mol. The molecule has 2 bridgehead atoms. The molecule has 0 amide bonds. The van der Waals surface area contributed by atoms with Crippen LogP contribution in [0.15, 0.2) is 59.0 Å². The highest BCUT2D eigenvalue weighted by Gasteiger charge is 2.59. The summed E-state index contributed by atoms with van der Waals surface area (Å²) in [4.78, 5) is 15.1. The molecule has 3 aliphatic carbocycles. The van der Waals surface area contributed by atoms with Gasteiger partial charge in [0, 0.05) is 36.3 Å². The summed E-state index contributed by atoms with van der Waals surface area (Å²) in [6.45, 7) is 4.85. The summed E-state index contributed by atoms with van der Waals surface area (Å²) < 4.78 is 17.9. The predicted octanol–water partition coefficient (Wildman–Crippen LogP) is 5.77. The van der Waals surface area contributed by atoms with Crippen LogP contribution in [0.5, 0.6) is 0 Å². The molecule has 8 rings (SSSR count). The zero-order valence-electron chi connectivity index (χ0n) is 23.6. The second-order valence-corrected chi connectivity index (χ2v) is 13.2. The predicted molar refractivity (Wildman–Crippen MR) is 148 cm³/mol. The third-order valence-corrected chi connectivity index (χ3v) is 11.2. The van der Waals surface area contributed by atoms with E-state index >= 15 is 0 Å². The summed E-state index contributed by atoms with van der Waals surface area (Å²) in [7, 11) is 1.58. The number of hydrogen-bond acceptors (Lipinski definition) is 6. The summed E-state index contributed by atoms with van der Waals surface area (Å²) in [6.07, 6.45) is 22.3. The van der Waals surface area contributed by atoms with Crippen molar-refractivity contribution in [2.45, 2.75) is 89.3 Å². The number of aliphatic hydroxyl groups is 1. The van der Waals surface area contributed by atoms with Gasteiger partial charge in [0.15, 0.2) is 11.5 Å². The van der Waals surface area contributed by atoms with Crippen molar-refractivity contribution in [3.8, 4) is 0 Å². The van der Waals surface area contributed by atoms with Gasteiger partial charge in [0.2, 0.25) is 5.76 Å². The van der Waals surface area contributed by atoms with Crippen LogP contribution in [0.25, 0.3) is 0 Å². The molecule has 1 spiro atoms. The summed E-state index contributed by atoms with van der Waals surface area (Å²) in [5, 5.41) is 12.0. The highest BCUT2D eigenvalue weighted by atomic mass is 16.6.